The Morgan fingerprint density at radius 2 is 1.85 bits per heavy atom. The number of rotatable bonds is 5. The number of benzene rings is 2. The molecule has 2 aromatic carbocycles. The Balaban J connectivity index is 2.26. The molecule has 0 fully saturated rings. The quantitative estimate of drug-likeness (QED) is 0.875. The molecule has 2 N–H and O–H groups in total. The molecule has 0 saturated carbocycles. The summed E-state index contributed by atoms with van der Waals surface area (Å²) in [5.74, 6) is 0.773. The third-order valence-corrected chi connectivity index (χ3v) is 3.55. The molecule has 3 nitrogen and oxygen atoms in total. The smallest absolute Gasteiger partial charge is 0.141 e. The Morgan fingerprint density at radius 1 is 1.10 bits per heavy atom. The van der Waals surface area contributed by atoms with E-state index in [0.717, 1.165) is 17.0 Å². The molecule has 0 aliphatic carbocycles. The number of aliphatic hydroxyl groups excluding tert-OH is 1. The van der Waals surface area contributed by atoms with E-state index in [-0.39, 0.29) is 12.6 Å². The number of anilines is 1. The predicted octanol–water partition coefficient (Wildman–Crippen LogP) is 3.46. The second-order valence-electron chi connectivity index (χ2n) is 4.92. The molecule has 0 heterocycles. The van der Waals surface area contributed by atoms with Gasteiger partial charge in [0.05, 0.1) is 25.4 Å². The fourth-order valence-electron chi connectivity index (χ4n) is 2.17. The van der Waals surface area contributed by atoms with E-state index >= 15 is 0 Å². The highest BCUT2D eigenvalue weighted by Crippen LogP contribution is 2.28. The molecule has 2 aromatic rings. The Hall–Kier alpha value is -2.00. The monoisotopic (exact) mass is 271 g/mol. The Morgan fingerprint density at radius 3 is 2.50 bits per heavy atom. The molecule has 106 valence electrons. The molecule has 0 radical (unpaired) electrons. The third-order valence-electron chi connectivity index (χ3n) is 3.55. The van der Waals surface area contributed by atoms with Gasteiger partial charge in [-0.25, -0.2) is 0 Å². The van der Waals surface area contributed by atoms with Gasteiger partial charge in [0.15, 0.2) is 0 Å². The molecule has 0 spiro atoms. The molecule has 1 unspecified atom stereocenters. The van der Waals surface area contributed by atoms with Gasteiger partial charge in [0.2, 0.25) is 0 Å². The highest BCUT2D eigenvalue weighted by Gasteiger charge is 2.13. The molecule has 0 aliphatic heterocycles. The SMILES string of the molecule is COc1ccccc1NC(CO)c1ccc(C)c(C)c1. The lowest BCUT2D eigenvalue weighted by Crippen LogP contribution is -2.15. The lowest BCUT2D eigenvalue weighted by atomic mass is 10.0. The fourth-order valence-corrected chi connectivity index (χ4v) is 2.17. The lowest BCUT2D eigenvalue weighted by molar-refractivity contribution is 0.276. The topological polar surface area (TPSA) is 41.5 Å². The van der Waals surface area contributed by atoms with Crippen molar-refractivity contribution in [1.29, 1.82) is 0 Å². The predicted molar refractivity (Wildman–Crippen MR) is 82.4 cm³/mol. The first-order chi connectivity index (χ1) is 9.65. The van der Waals surface area contributed by atoms with E-state index in [2.05, 4.69) is 31.3 Å². The maximum absolute atomic E-state index is 9.66. The van der Waals surface area contributed by atoms with Crippen LogP contribution in [-0.2, 0) is 0 Å². The molecule has 3 heteroatoms. The van der Waals surface area contributed by atoms with E-state index in [9.17, 15) is 5.11 Å². The summed E-state index contributed by atoms with van der Waals surface area (Å²) in [6.45, 7) is 4.19. The fraction of sp³-hybridized carbons (Fsp3) is 0.294. The second-order valence-corrected chi connectivity index (χ2v) is 4.92. The largest absolute Gasteiger partial charge is 0.495 e. The molecule has 0 aromatic heterocycles. The van der Waals surface area contributed by atoms with Crippen molar-refractivity contribution in [3.8, 4) is 5.75 Å². The van der Waals surface area contributed by atoms with E-state index in [1.165, 1.54) is 11.1 Å². The van der Waals surface area contributed by atoms with Crippen LogP contribution in [0.25, 0.3) is 0 Å². The first-order valence-corrected chi connectivity index (χ1v) is 6.73. The van der Waals surface area contributed by atoms with Gasteiger partial charge in [-0.15, -0.1) is 0 Å². The van der Waals surface area contributed by atoms with E-state index < -0.39 is 0 Å². The number of ether oxygens (including phenoxy) is 1. The van der Waals surface area contributed by atoms with Crippen LogP contribution in [-0.4, -0.2) is 18.8 Å². The van der Waals surface area contributed by atoms with Crippen LogP contribution in [0.5, 0.6) is 5.75 Å². The van der Waals surface area contributed by atoms with Crippen LogP contribution in [0.2, 0.25) is 0 Å². The summed E-state index contributed by atoms with van der Waals surface area (Å²) < 4.78 is 5.33. The zero-order valence-electron chi connectivity index (χ0n) is 12.2. The first-order valence-electron chi connectivity index (χ1n) is 6.73. The maximum atomic E-state index is 9.66. The third kappa shape index (κ3) is 3.11. The normalized spacial score (nSPS) is 12.0. The van der Waals surface area contributed by atoms with Crippen LogP contribution in [0.1, 0.15) is 22.7 Å². The summed E-state index contributed by atoms with van der Waals surface area (Å²) in [4.78, 5) is 0. The highest BCUT2D eigenvalue weighted by atomic mass is 16.5. The van der Waals surface area contributed by atoms with Crippen molar-refractivity contribution in [2.24, 2.45) is 0 Å². The van der Waals surface area contributed by atoms with Crippen molar-refractivity contribution in [3.63, 3.8) is 0 Å². The lowest BCUT2D eigenvalue weighted by Gasteiger charge is -2.20. The summed E-state index contributed by atoms with van der Waals surface area (Å²) in [6, 6.07) is 13.8. The van der Waals surface area contributed by atoms with Gasteiger partial charge in [-0.05, 0) is 42.7 Å². The molecular weight excluding hydrogens is 250 g/mol. The second kappa shape index (κ2) is 6.44. The summed E-state index contributed by atoms with van der Waals surface area (Å²) in [7, 11) is 1.64. The Bertz CT molecular complexity index is 581. The van der Waals surface area contributed by atoms with Gasteiger partial charge < -0.3 is 15.2 Å². The number of para-hydroxylation sites is 2. The number of hydrogen-bond donors (Lipinski definition) is 2. The summed E-state index contributed by atoms with van der Waals surface area (Å²) >= 11 is 0. The van der Waals surface area contributed by atoms with Crippen molar-refractivity contribution in [2.75, 3.05) is 19.0 Å². The maximum Gasteiger partial charge on any atom is 0.141 e. The van der Waals surface area contributed by atoms with Crippen molar-refractivity contribution >= 4 is 5.69 Å². The zero-order valence-corrected chi connectivity index (χ0v) is 12.2. The zero-order chi connectivity index (χ0) is 14.5. The van der Waals surface area contributed by atoms with E-state index in [0.29, 0.717) is 0 Å². The van der Waals surface area contributed by atoms with Gasteiger partial charge in [-0.3, -0.25) is 0 Å². The van der Waals surface area contributed by atoms with Gasteiger partial charge in [-0.2, -0.15) is 0 Å². The number of aliphatic hydroxyl groups is 1. The van der Waals surface area contributed by atoms with E-state index in [4.69, 9.17) is 4.74 Å². The minimum absolute atomic E-state index is 0.0283. The number of methoxy groups -OCH3 is 1. The minimum Gasteiger partial charge on any atom is -0.495 e. The number of nitrogens with one attached hydrogen (secondary N) is 1. The molecule has 0 aliphatic rings. The standard InChI is InChI=1S/C17H21NO2/c1-12-8-9-14(10-13(12)2)16(11-19)18-15-6-4-5-7-17(15)20-3/h4-10,16,18-19H,11H2,1-3H3. The van der Waals surface area contributed by atoms with Gasteiger partial charge in [0.1, 0.15) is 5.75 Å². The van der Waals surface area contributed by atoms with Crippen LogP contribution in [0.3, 0.4) is 0 Å². The minimum atomic E-state index is -0.148. The van der Waals surface area contributed by atoms with Crippen molar-refractivity contribution in [3.05, 3.63) is 59.2 Å². The molecule has 1 atom stereocenters. The molecular formula is C17H21NO2. The molecule has 0 amide bonds. The van der Waals surface area contributed by atoms with Crippen molar-refractivity contribution < 1.29 is 9.84 Å². The van der Waals surface area contributed by atoms with E-state index in [1.807, 2.05) is 30.3 Å². The van der Waals surface area contributed by atoms with Crippen molar-refractivity contribution in [1.82, 2.24) is 0 Å². The van der Waals surface area contributed by atoms with Crippen LogP contribution in [0.15, 0.2) is 42.5 Å². The summed E-state index contributed by atoms with van der Waals surface area (Å²) in [5, 5.41) is 13.0. The van der Waals surface area contributed by atoms with E-state index in [1.54, 1.807) is 7.11 Å². The molecule has 0 bridgehead atoms. The van der Waals surface area contributed by atoms with Gasteiger partial charge in [-0.1, -0.05) is 30.3 Å². The summed E-state index contributed by atoms with van der Waals surface area (Å²) in [5.41, 5.74) is 4.43. The van der Waals surface area contributed by atoms with Gasteiger partial charge in [0.25, 0.3) is 0 Å². The van der Waals surface area contributed by atoms with Crippen LogP contribution >= 0.6 is 0 Å². The number of hydrogen-bond acceptors (Lipinski definition) is 3. The number of aryl methyl sites for hydroxylation is 2. The summed E-state index contributed by atoms with van der Waals surface area (Å²) in [6.07, 6.45) is 0. The van der Waals surface area contributed by atoms with Crippen LogP contribution in [0.4, 0.5) is 5.69 Å². The van der Waals surface area contributed by atoms with Crippen LogP contribution in [0, 0.1) is 13.8 Å². The first kappa shape index (κ1) is 14.4. The average Bonchev–Trinajstić information content (AvgIpc) is 2.48. The Kier molecular flexibility index (Phi) is 4.64. The molecule has 20 heavy (non-hydrogen) atoms. The Labute approximate surface area is 120 Å². The van der Waals surface area contributed by atoms with Crippen LogP contribution < -0.4 is 10.1 Å². The van der Waals surface area contributed by atoms with Gasteiger partial charge >= 0.3 is 0 Å². The average molecular weight is 271 g/mol. The van der Waals surface area contributed by atoms with Crippen molar-refractivity contribution in [2.45, 2.75) is 19.9 Å². The molecule has 2 rings (SSSR count). The highest BCUT2D eigenvalue weighted by molar-refractivity contribution is 5.57. The van der Waals surface area contributed by atoms with Gasteiger partial charge in [0, 0.05) is 0 Å². The molecule has 0 saturated heterocycles.